The third-order valence-electron chi connectivity index (χ3n) is 3.03. The number of rotatable bonds is 7. The van der Waals surface area contributed by atoms with E-state index < -0.39 is 0 Å². The third kappa shape index (κ3) is 4.31. The predicted octanol–water partition coefficient (Wildman–Crippen LogP) is 2.48. The Labute approximate surface area is 110 Å². The van der Waals surface area contributed by atoms with Crippen LogP contribution in [0.25, 0.3) is 0 Å². The minimum atomic E-state index is 0.412. The molecule has 0 aliphatic rings. The predicted molar refractivity (Wildman–Crippen MR) is 75.5 cm³/mol. The van der Waals surface area contributed by atoms with Gasteiger partial charge in [0.25, 0.3) is 0 Å². The van der Waals surface area contributed by atoms with E-state index in [-0.39, 0.29) is 0 Å². The first-order chi connectivity index (χ1) is 8.58. The van der Waals surface area contributed by atoms with E-state index in [2.05, 4.69) is 38.2 Å². The van der Waals surface area contributed by atoms with E-state index in [1.54, 1.807) is 14.2 Å². The SMILES string of the molecule is COCCNC(C)Cc1cc(C)cc(C)c1OC. The Morgan fingerprint density at radius 2 is 1.94 bits per heavy atom. The Kier molecular flexibility index (Phi) is 6.16. The first-order valence-corrected chi connectivity index (χ1v) is 6.45. The first-order valence-electron chi connectivity index (χ1n) is 6.45. The lowest BCUT2D eigenvalue weighted by molar-refractivity contribution is 0.196. The van der Waals surface area contributed by atoms with Crippen LogP contribution in [0.4, 0.5) is 0 Å². The lowest BCUT2D eigenvalue weighted by Crippen LogP contribution is -2.31. The number of hydrogen-bond donors (Lipinski definition) is 1. The molecule has 0 aliphatic heterocycles. The maximum atomic E-state index is 5.51. The van der Waals surface area contributed by atoms with Gasteiger partial charge in [-0.2, -0.15) is 0 Å². The summed E-state index contributed by atoms with van der Waals surface area (Å²) in [7, 11) is 3.46. The van der Waals surface area contributed by atoms with Crippen molar-refractivity contribution >= 4 is 0 Å². The molecule has 1 aromatic carbocycles. The van der Waals surface area contributed by atoms with Gasteiger partial charge in [-0.25, -0.2) is 0 Å². The molecule has 0 heterocycles. The zero-order valence-corrected chi connectivity index (χ0v) is 12.2. The van der Waals surface area contributed by atoms with E-state index in [9.17, 15) is 0 Å². The standard InChI is InChI=1S/C15H25NO2/c1-11-8-12(2)15(18-5)14(9-11)10-13(3)16-6-7-17-4/h8-9,13,16H,6-7,10H2,1-5H3. The summed E-state index contributed by atoms with van der Waals surface area (Å²) in [6, 6.07) is 4.78. The van der Waals surface area contributed by atoms with Crippen LogP contribution in [0.3, 0.4) is 0 Å². The lowest BCUT2D eigenvalue weighted by Gasteiger charge is -2.17. The van der Waals surface area contributed by atoms with Gasteiger partial charge in [0, 0.05) is 19.7 Å². The van der Waals surface area contributed by atoms with Gasteiger partial charge in [-0.05, 0) is 38.3 Å². The van der Waals surface area contributed by atoms with Crippen LogP contribution < -0.4 is 10.1 Å². The summed E-state index contributed by atoms with van der Waals surface area (Å²) < 4.78 is 10.5. The summed E-state index contributed by atoms with van der Waals surface area (Å²) in [6.07, 6.45) is 0.968. The molecule has 3 heteroatoms. The molecule has 0 bridgehead atoms. The molecule has 0 aromatic heterocycles. The Morgan fingerprint density at radius 3 is 2.56 bits per heavy atom. The second kappa shape index (κ2) is 7.39. The number of hydrogen-bond acceptors (Lipinski definition) is 3. The van der Waals surface area contributed by atoms with Crippen LogP contribution in [0.2, 0.25) is 0 Å². The van der Waals surface area contributed by atoms with Gasteiger partial charge in [-0.15, -0.1) is 0 Å². The second-order valence-electron chi connectivity index (χ2n) is 4.83. The van der Waals surface area contributed by atoms with Gasteiger partial charge in [0.1, 0.15) is 5.75 Å². The Morgan fingerprint density at radius 1 is 1.22 bits per heavy atom. The molecule has 0 saturated carbocycles. The lowest BCUT2D eigenvalue weighted by atomic mass is 10.00. The summed E-state index contributed by atoms with van der Waals surface area (Å²) in [5.74, 6) is 1.01. The molecule has 0 saturated heterocycles. The average molecular weight is 251 g/mol. The Bertz CT molecular complexity index is 377. The number of ether oxygens (including phenoxy) is 2. The number of benzene rings is 1. The minimum absolute atomic E-state index is 0.412. The monoisotopic (exact) mass is 251 g/mol. The van der Waals surface area contributed by atoms with Gasteiger partial charge in [0.05, 0.1) is 13.7 Å². The van der Waals surface area contributed by atoms with E-state index in [0.717, 1.165) is 25.3 Å². The quantitative estimate of drug-likeness (QED) is 0.755. The minimum Gasteiger partial charge on any atom is -0.496 e. The molecule has 1 atom stereocenters. The van der Waals surface area contributed by atoms with Gasteiger partial charge in [0.2, 0.25) is 0 Å². The van der Waals surface area contributed by atoms with Crippen LogP contribution in [0, 0.1) is 13.8 Å². The maximum Gasteiger partial charge on any atom is 0.125 e. The molecule has 1 rings (SSSR count). The summed E-state index contributed by atoms with van der Waals surface area (Å²) >= 11 is 0. The van der Waals surface area contributed by atoms with Crippen molar-refractivity contribution in [2.24, 2.45) is 0 Å². The molecule has 0 spiro atoms. The Balaban J connectivity index is 2.70. The smallest absolute Gasteiger partial charge is 0.125 e. The fourth-order valence-corrected chi connectivity index (χ4v) is 2.30. The van der Waals surface area contributed by atoms with Gasteiger partial charge in [-0.1, -0.05) is 17.7 Å². The fraction of sp³-hybridized carbons (Fsp3) is 0.600. The average Bonchev–Trinajstić information content (AvgIpc) is 2.28. The van der Waals surface area contributed by atoms with E-state index >= 15 is 0 Å². The molecular formula is C15H25NO2. The maximum absolute atomic E-state index is 5.51. The molecule has 0 radical (unpaired) electrons. The molecule has 102 valence electrons. The Hall–Kier alpha value is -1.06. The van der Waals surface area contributed by atoms with Crippen molar-refractivity contribution in [3.63, 3.8) is 0 Å². The number of nitrogens with one attached hydrogen (secondary N) is 1. The second-order valence-corrected chi connectivity index (χ2v) is 4.83. The fourth-order valence-electron chi connectivity index (χ4n) is 2.30. The highest BCUT2D eigenvalue weighted by atomic mass is 16.5. The molecule has 18 heavy (non-hydrogen) atoms. The van der Waals surface area contributed by atoms with Crippen molar-refractivity contribution in [3.05, 3.63) is 28.8 Å². The highest BCUT2D eigenvalue weighted by Gasteiger charge is 2.10. The van der Waals surface area contributed by atoms with Gasteiger partial charge >= 0.3 is 0 Å². The van der Waals surface area contributed by atoms with Gasteiger partial charge < -0.3 is 14.8 Å². The van der Waals surface area contributed by atoms with Gasteiger partial charge in [0.15, 0.2) is 0 Å². The summed E-state index contributed by atoms with van der Waals surface area (Å²) in [4.78, 5) is 0. The molecular weight excluding hydrogens is 226 g/mol. The van der Waals surface area contributed by atoms with Crippen molar-refractivity contribution in [3.8, 4) is 5.75 Å². The van der Waals surface area contributed by atoms with Gasteiger partial charge in [-0.3, -0.25) is 0 Å². The topological polar surface area (TPSA) is 30.5 Å². The van der Waals surface area contributed by atoms with Crippen molar-refractivity contribution in [1.29, 1.82) is 0 Å². The van der Waals surface area contributed by atoms with Crippen LogP contribution >= 0.6 is 0 Å². The molecule has 1 unspecified atom stereocenters. The van der Waals surface area contributed by atoms with E-state index in [0.29, 0.717) is 6.04 Å². The zero-order chi connectivity index (χ0) is 13.5. The summed E-state index contributed by atoms with van der Waals surface area (Å²) in [5, 5.41) is 3.44. The van der Waals surface area contributed by atoms with E-state index in [1.807, 2.05) is 0 Å². The molecule has 1 N–H and O–H groups in total. The molecule has 0 amide bonds. The largest absolute Gasteiger partial charge is 0.496 e. The van der Waals surface area contributed by atoms with Crippen molar-refractivity contribution in [2.75, 3.05) is 27.4 Å². The number of aryl methyl sites for hydroxylation is 2. The van der Waals surface area contributed by atoms with Crippen molar-refractivity contribution in [2.45, 2.75) is 33.2 Å². The summed E-state index contributed by atoms with van der Waals surface area (Å²) in [5.41, 5.74) is 3.76. The van der Waals surface area contributed by atoms with Crippen LogP contribution in [-0.2, 0) is 11.2 Å². The highest BCUT2D eigenvalue weighted by molar-refractivity contribution is 5.44. The molecule has 0 fully saturated rings. The molecule has 0 aliphatic carbocycles. The van der Waals surface area contributed by atoms with Crippen LogP contribution in [0.15, 0.2) is 12.1 Å². The van der Waals surface area contributed by atoms with E-state index in [4.69, 9.17) is 9.47 Å². The third-order valence-corrected chi connectivity index (χ3v) is 3.03. The zero-order valence-electron chi connectivity index (χ0n) is 12.2. The van der Waals surface area contributed by atoms with Crippen molar-refractivity contribution in [1.82, 2.24) is 5.32 Å². The molecule has 3 nitrogen and oxygen atoms in total. The number of methoxy groups -OCH3 is 2. The van der Waals surface area contributed by atoms with Crippen molar-refractivity contribution < 1.29 is 9.47 Å². The van der Waals surface area contributed by atoms with Crippen LogP contribution in [0.1, 0.15) is 23.6 Å². The highest BCUT2D eigenvalue weighted by Crippen LogP contribution is 2.26. The molecule has 1 aromatic rings. The van der Waals surface area contributed by atoms with Crippen LogP contribution in [-0.4, -0.2) is 33.4 Å². The van der Waals surface area contributed by atoms with Crippen LogP contribution in [0.5, 0.6) is 5.75 Å². The normalized spacial score (nSPS) is 12.5. The first kappa shape index (κ1) is 15.0. The van der Waals surface area contributed by atoms with E-state index in [1.165, 1.54) is 16.7 Å². The summed E-state index contributed by atoms with van der Waals surface area (Å²) in [6.45, 7) is 8.03.